The van der Waals surface area contributed by atoms with E-state index in [1.54, 1.807) is 0 Å². The fraction of sp³-hybridized carbons (Fsp3) is 1.00. The van der Waals surface area contributed by atoms with E-state index in [9.17, 15) is 0 Å². The first kappa shape index (κ1) is 16.8. The van der Waals surface area contributed by atoms with Crippen molar-refractivity contribution < 1.29 is 9.88 Å². The van der Waals surface area contributed by atoms with E-state index in [1.807, 2.05) is 5.01 Å². The van der Waals surface area contributed by atoms with Crippen LogP contribution in [0.2, 0.25) is 0 Å². The highest BCUT2D eigenvalue weighted by molar-refractivity contribution is 4.53. The summed E-state index contributed by atoms with van der Waals surface area (Å²) >= 11 is 0. The summed E-state index contributed by atoms with van der Waals surface area (Å²) in [5, 5.41) is 5.37. The van der Waals surface area contributed by atoms with Crippen molar-refractivity contribution in [2.75, 3.05) is 39.8 Å². The monoisotopic (exact) mass is 248 g/mol. The molecule has 0 rings (SSSR count). The molecular formula is C11H28N4O2. The van der Waals surface area contributed by atoms with Gasteiger partial charge in [-0.3, -0.25) is 0 Å². The third-order valence-corrected chi connectivity index (χ3v) is 2.37. The van der Waals surface area contributed by atoms with Crippen LogP contribution < -0.4 is 16.6 Å². The SMILES string of the molecule is CCCCN(CCCNCCCN)NOOC. The van der Waals surface area contributed by atoms with Crippen LogP contribution in [0.25, 0.3) is 0 Å². The predicted molar refractivity (Wildman–Crippen MR) is 68.9 cm³/mol. The summed E-state index contributed by atoms with van der Waals surface area (Å²) in [7, 11) is 1.49. The zero-order chi connectivity index (χ0) is 12.8. The Morgan fingerprint density at radius 2 is 1.82 bits per heavy atom. The van der Waals surface area contributed by atoms with Gasteiger partial charge in [0.25, 0.3) is 0 Å². The first-order chi connectivity index (χ1) is 8.35. The Labute approximate surface area is 105 Å². The lowest BCUT2D eigenvalue weighted by molar-refractivity contribution is -0.353. The molecule has 0 amide bonds. The van der Waals surface area contributed by atoms with Crippen LogP contribution in [0.3, 0.4) is 0 Å². The molecule has 0 atom stereocenters. The standard InChI is InChI=1S/C11H28N4O2/c1-3-4-10-15(14-17-16-2)11-6-9-13-8-5-7-12/h13-14H,3-12H2,1-2H3. The van der Waals surface area contributed by atoms with Gasteiger partial charge in [0, 0.05) is 13.1 Å². The third kappa shape index (κ3) is 12.0. The molecular weight excluding hydrogens is 220 g/mol. The van der Waals surface area contributed by atoms with E-state index in [0.29, 0.717) is 0 Å². The molecule has 104 valence electrons. The Morgan fingerprint density at radius 3 is 2.47 bits per heavy atom. The lowest BCUT2D eigenvalue weighted by atomic mass is 10.3. The van der Waals surface area contributed by atoms with Gasteiger partial charge in [0.05, 0.1) is 7.11 Å². The topological polar surface area (TPSA) is 71.8 Å². The molecule has 0 bridgehead atoms. The molecule has 0 aliphatic carbocycles. The van der Waals surface area contributed by atoms with Crippen molar-refractivity contribution >= 4 is 0 Å². The minimum atomic E-state index is 0.749. The number of hydrazine groups is 1. The molecule has 4 N–H and O–H groups in total. The molecule has 0 fully saturated rings. The Bertz CT molecular complexity index is 141. The van der Waals surface area contributed by atoms with Crippen LogP contribution >= 0.6 is 0 Å². The number of nitrogens with one attached hydrogen (secondary N) is 2. The summed E-state index contributed by atoms with van der Waals surface area (Å²) < 4.78 is 0. The van der Waals surface area contributed by atoms with Crippen LogP contribution in [0.5, 0.6) is 0 Å². The van der Waals surface area contributed by atoms with E-state index < -0.39 is 0 Å². The van der Waals surface area contributed by atoms with Gasteiger partial charge in [-0.2, -0.15) is 0 Å². The van der Waals surface area contributed by atoms with Gasteiger partial charge in [-0.25, -0.2) is 9.90 Å². The molecule has 0 aromatic carbocycles. The number of rotatable bonds is 13. The predicted octanol–water partition coefficient (Wildman–Crippen LogP) is 0.415. The third-order valence-electron chi connectivity index (χ3n) is 2.37. The maximum Gasteiger partial charge on any atom is 0.0733 e. The molecule has 6 nitrogen and oxygen atoms in total. The number of nitrogens with zero attached hydrogens (tertiary/aromatic N) is 1. The van der Waals surface area contributed by atoms with Gasteiger partial charge < -0.3 is 11.1 Å². The van der Waals surface area contributed by atoms with Crippen molar-refractivity contribution in [1.29, 1.82) is 0 Å². The Hall–Kier alpha value is -0.240. The molecule has 0 saturated heterocycles. The number of hydrogen-bond donors (Lipinski definition) is 3. The second-order valence-electron chi connectivity index (χ2n) is 3.93. The summed E-state index contributed by atoms with van der Waals surface area (Å²) in [6.45, 7) is 6.80. The number of unbranched alkanes of at least 4 members (excludes halogenated alkanes) is 1. The van der Waals surface area contributed by atoms with Crippen molar-refractivity contribution in [3.8, 4) is 0 Å². The molecule has 0 aliphatic heterocycles. The molecule has 0 aliphatic rings. The number of nitrogens with two attached hydrogens (primary N) is 1. The minimum absolute atomic E-state index is 0.749. The molecule has 0 unspecified atom stereocenters. The maximum atomic E-state index is 5.41. The lowest BCUT2D eigenvalue weighted by Crippen LogP contribution is -2.40. The summed E-state index contributed by atoms with van der Waals surface area (Å²) in [4.78, 5) is 9.26. The zero-order valence-electron chi connectivity index (χ0n) is 11.2. The van der Waals surface area contributed by atoms with Gasteiger partial charge in [-0.1, -0.05) is 13.3 Å². The van der Waals surface area contributed by atoms with Gasteiger partial charge >= 0.3 is 0 Å². The normalized spacial score (nSPS) is 11.3. The van der Waals surface area contributed by atoms with Crippen molar-refractivity contribution in [2.24, 2.45) is 5.73 Å². The Morgan fingerprint density at radius 1 is 1.12 bits per heavy atom. The second-order valence-corrected chi connectivity index (χ2v) is 3.93. The van der Waals surface area contributed by atoms with Gasteiger partial charge in [0.1, 0.15) is 0 Å². The Balaban J connectivity index is 3.45. The fourth-order valence-electron chi connectivity index (χ4n) is 1.39. The van der Waals surface area contributed by atoms with E-state index in [-0.39, 0.29) is 0 Å². The second kappa shape index (κ2) is 13.8. The summed E-state index contributed by atoms with van der Waals surface area (Å²) in [6.07, 6.45) is 4.40. The van der Waals surface area contributed by atoms with Crippen molar-refractivity contribution in [2.45, 2.75) is 32.6 Å². The maximum absolute atomic E-state index is 5.41. The highest BCUT2D eigenvalue weighted by atomic mass is 17.3. The smallest absolute Gasteiger partial charge is 0.0733 e. The van der Waals surface area contributed by atoms with Crippen LogP contribution in [-0.2, 0) is 9.88 Å². The van der Waals surface area contributed by atoms with Crippen LogP contribution in [0, 0.1) is 0 Å². The first-order valence-electron chi connectivity index (χ1n) is 6.46. The van der Waals surface area contributed by atoms with Crippen LogP contribution in [0.1, 0.15) is 32.6 Å². The van der Waals surface area contributed by atoms with Gasteiger partial charge in [-0.05, 0) is 38.9 Å². The largest absolute Gasteiger partial charge is 0.330 e. The van der Waals surface area contributed by atoms with Crippen molar-refractivity contribution in [3.05, 3.63) is 0 Å². The molecule has 0 heterocycles. The van der Waals surface area contributed by atoms with Crippen LogP contribution in [-0.4, -0.2) is 44.8 Å². The van der Waals surface area contributed by atoms with Gasteiger partial charge in [0.2, 0.25) is 0 Å². The highest BCUT2D eigenvalue weighted by Gasteiger charge is 2.03. The Kier molecular flexibility index (Phi) is 13.6. The average molecular weight is 248 g/mol. The quantitative estimate of drug-likeness (QED) is 0.249. The molecule has 0 spiro atoms. The van der Waals surface area contributed by atoms with Gasteiger partial charge in [-0.15, -0.1) is 10.6 Å². The minimum Gasteiger partial charge on any atom is -0.330 e. The molecule has 17 heavy (non-hydrogen) atoms. The highest BCUT2D eigenvalue weighted by Crippen LogP contribution is 1.93. The summed E-state index contributed by atoms with van der Waals surface area (Å²) in [5.41, 5.74) is 8.18. The lowest BCUT2D eigenvalue weighted by Gasteiger charge is -2.21. The number of hydrogen-bond acceptors (Lipinski definition) is 6. The van der Waals surface area contributed by atoms with Gasteiger partial charge in [0.15, 0.2) is 0 Å². The van der Waals surface area contributed by atoms with E-state index in [1.165, 1.54) is 13.5 Å². The summed E-state index contributed by atoms with van der Waals surface area (Å²) in [5.74, 6) is 0. The first-order valence-corrected chi connectivity index (χ1v) is 6.46. The summed E-state index contributed by atoms with van der Waals surface area (Å²) in [6, 6.07) is 0. The fourth-order valence-corrected chi connectivity index (χ4v) is 1.39. The molecule has 0 radical (unpaired) electrons. The van der Waals surface area contributed by atoms with E-state index in [0.717, 1.165) is 52.0 Å². The average Bonchev–Trinajstić information content (AvgIpc) is 2.35. The molecule has 0 saturated carbocycles. The molecule has 0 aromatic heterocycles. The molecule has 0 aromatic rings. The van der Waals surface area contributed by atoms with E-state index in [4.69, 9.17) is 10.7 Å². The van der Waals surface area contributed by atoms with Crippen molar-refractivity contribution in [3.63, 3.8) is 0 Å². The van der Waals surface area contributed by atoms with E-state index in [2.05, 4.69) is 22.7 Å². The van der Waals surface area contributed by atoms with Crippen molar-refractivity contribution in [1.82, 2.24) is 15.9 Å². The van der Waals surface area contributed by atoms with Crippen LogP contribution in [0.4, 0.5) is 0 Å². The zero-order valence-corrected chi connectivity index (χ0v) is 11.2. The molecule has 6 heteroatoms. The van der Waals surface area contributed by atoms with E-state index >= 15 is 0 Å². The van der Waals surface area contributed by atoms with Crippen LogP contribution in [0.15, 0.2) is 0 Å².